The van der Waals surface area contributed by atoms with Crippen LogP contribution in [0, 0.1) is 5.92 Å². The Kier molecular flexibility index (Phi) is 3.10. The number of ether oxygens (including phenoxy) is 1. The quantitative estimate of drug-likeness (QED) is 0.573. The van der Waals surface area contributed by atoms with Crippen LogP contribution in [-0.2, 0) is 9.53 Å². The van der Waals surface area contributed by atoms with Crippen molar-refractivity contribution in [3.63, 3.8) is 0 Å². The van der Waals surface area contributed by atoms with Crippen LogP contribution in [0.4, 0.5) is 0 Å². The lowest BCUT2D eigenvalue weighted by Crippen LogP contribution is -2.53. The number of hydrogen-bond donors (Lipinski definition) is 0. The van der Waals surface area contributed by atoms with Crippen molar-refractivity contribution < 1.29 is 9.53 Å². The molecule has 0 aromatic carbocycles. The highest BCUT2D eigenvalue weighted by Crippen LogP contribution is 2.53. The topological polar surface area (TPSA) is 39.1 Å². The molecule has 5 rings (SSSR count). The van der Waals surface area contributed by atoms with Crippen LogP contribution in [0.25, 0.3) is 0 Å². The molecule has 6 heteroatoms. The molecule has 4 heterocycles. The highest BCUT2D eigenvalue weighted by molar-refractivity contribution is 7.96. The summed E-state index contributed by atoms with van der Waals surface area (Å²) >= 11 is 1.88. The fraction of sp³-hybridized carbons (Fsp3) is 0.938. The first-order chi connectivity index (χ1) is 10.7. The van der Waals surface area contributed by atoms with Crippen LogP contribution < -0.4 is 0 Å². The van der Waals surface area contributed by atoms with Crippen molar-refractivity contribution in [2.24, 2.45) is 5.92 Å². The van der Waals surface area contributed by atoms with E-state index in [1.54, 1.807) is 6.92 Å². The summed E-state index contributed by atoms with van der Waals surface area (Å²) in [5, 5.41) is 0. The van der Waals surface area contributed by atoms with Crippen LogP contribution in [0.3, 0.4) is 0 Å². The third-order valence-electron chi connectivity index (χ3n) is 6.27. The van der Waals surface area contributed by atoms with Gasteiger partial charge < -0.3 is 9.64 Å². The molecule has 5 fully saturated rings. The maximum Gasteiger partial charge on any atom is 0.220 e. The minimum Gasteiger partial charge on any atom is -0.351 e. The molecule has 0 aromatic rings. The largest absolute Gasteiger partial charge is 0.351 e. The smallest absolute Gasteiger partial charge is 0.220 e. The second-order valence-corrected chi connectivity index (χ2v) is 8.48. The molecule has 22 heavy (non-hydrogen) atoms. The van der Waals surface area contributed by atoms with Crippen LogP contribution in [0.5, 0.6) is 0 Å². The van der Waals surface area contributed by atoms with Gasteiger partial charge in [-0.25, -0.2) is 4.31 Å². The predicted molar refractivity (Wildman–Crippen MR) is 85.2 cm³/mol. The Morgan fingerprint density at radius 1 is 1.09 bits per heavy atom. The summed E-state index contributed by atoms with van der Waals surface area (Å²) in [4.78, 5) is 16.6. The van der Waals surface area contributed by atoms with E-state index >= 15 is 0 Å². The van der Waals surface area contributed by atoms with Gasteiger partial charge in [0.1, 0.15) is 12.3 Å². The zero-order valence-electron chi connectivity index (χ0n) is 13.4. The average molecular weight is 323 g/mol. The monoisotopic (exact) mass is 323 g/mol. The molecule has 1 aliphatic carbocycles. The number of nitrogens with zero attached hydrogens (tertiary/aromatic N) is 3. The van der Waals surface area contributed by atoms with Crippen molar-refractivity contribution in [2.75, 3.05) is 19.3 Å². The van der Waals surface area contributed by atoms with E-state index in [1.165, 1.54) is 25.7 Å². The molecule has 0 spiro atoms. The molecule has 0 N–H and O–H groups in total. The second-order valence-electron chi connectivity index (χ2n) is 7.60. The molecule has 6 atom stereocenters. The maximum atomic E-state index is 11.8. The molecule has 4 unspecified atom stereocenters. The highest BCUT2D eigenvalue weighted by atomic mass is 32.2. The number of epoxide rings is 1. The Morgan fingerprint density at radius 3 is 2.32 bits per heavy atom. The number of hydrogen-bond acceptors (Lipinski definition) is 5. The molecule has 0 radical (unpaired) electrons. The van der Waals surface area contributed by atoms with Gasteiger partial charge in [-0.05, 0) is 37.9 Å². The minimum absolute atomic E-state index is 0.242. The molecule has 0 aromatic heterocycles. The van der Waals surface area contributed by atoms with Gasteiger partial charge in [-0.3, -0.25) is 9.69 Å². The lowest BCUT2D eigenvalue weighted by atomic mass is 10.1. The Balaban J connectivity index is 1.27. The second kappa shape index (κ2) is 4.85. The number of piperazine rings is 1. The number of carbonyl (C=O) groups is 1. The van der Waals surface area contributed by atoms with Gasteiger partial charge in [0.2, 0.25) is 5.91 Å². The first kappa shape index (κ1) is 14.1. The molecule has 4 saturated heterocycles. The minimum atomic E-state index is 0.242. The van der Waals surface area contributed by atoms with Gasteiger partial charge in [-0.2, -0.15) is 0 Å². The summed E-state index contributed by atoms with van der Waals surface area (Å²) in [7, 11) is 0. The fourth-order valence-electron chi connectivity index (χ4n) is 5.05. The molecule has 5 aliphatic rings. The van der Waals surface area contributed by atoms with Crippen molar-refractivity contribution >= 4 is 17.9 Å². The first-order valence-electron chi connectivity index (χ1n) is 8.70. The summed E-state index contributed by atoms with van der Waals surface area (Å²) in [6, 6.07) is 2.20. The van der Waals surface area contributed by atoms with Crippen LogP contribution in [0.2, 0.25) is 0 Å². The molecular formula is C16H25N3O2S. The Labute approximate surface area is 136 Å². The number of rotatable bonds is 4. The molecule has 2 bridgehead atoms. The van der Waals surface area contributed by atoms with Gasteiger partial charge in [-0.1, -0.05) is 11.9 Å². The lowest BCUT2D eigenvalue weighted by Gasteiger charge is -2.39. The SMILES string of the molecule is CSN1CC2CCC(C1)N2C1OC1[C@H]1[C@@H](C2CC2)N1C(C)=O. The van der Waals surface area contributed by atoms with E-state index in [1.807, 2.05) is 11.9 Å². The maximum absolute atomic E-state index is 11.8. The van der Waals surface area contributed by atoms with Crippen LogP contribution in [-0.4, -0.2) is 75.9 Å². The van der Waals surface area contributed by atoms with Crippen molar-refractivity contribution in [3.8, 4) is 0 Å². The number of fused-ring (bicyclic) bond motifs is 2. The van der Waals surface area contributed by atoms with E-state index in [0.717, 1.165) is 19.0 Å². The van der Waals surface area contributed by atoms with Gasteiger partial charge in [0.15, 0.2) is 0 Å². The van der Waals surface area contributed by atoms with Crippen LogP contribution in [0.1, 0.15) is 32.6 Å². The third kappa shape index (κ3) is 2.07. The molecule has 4 aliphatic heterocycles. The molecule has 122 valence electrons. The molecular weight excluding hydrogens is 298 g/mol. The van der Waals surface area contributed by atoms with Gasteiger partial charge in [0.25, 0.3) is 0 Å². The third-order valence-corrected chi connectivity index (χ3v) is 7.08. The highest BCUT2D eigenvalue weighted by Gasteiger charge is 2.68. The van der Waals surface area contributed by atoms with E-state index in [-0.39, 0.29) is 12.1 Å². The van der Waals surface area contributed by atoms with Crippen molar-refractivity contribution in [3.05, 3.63) is 0 Å². The number of amides is 1. The van der Waals surface area contributed by atoms with Gasteiger partial charge in [0, 0.05) is 32.1 Å². The van der Waals surface area contributed by atoms with Crippen LogP contribution >= 0.6 is 11.9 Å². The standard InChI is InChI=1S/C16H25N3O2S/c1-9(20)18-13(10-3-4-10)14(18)15-16(21-15)19-11-5-6-12(19)8-17(7-11)22-2/h10-16H,3-8H2,1-2H3/t11?,12?,13-,14-,15?,16?,18?/m1/s1. The summed E-state index contributed by atoms with van der Waals surface area (Å²) in [5.74, 6) is 1.01. The predicted octanol–water partition coefficient (Wildman–Crippen LogP) is 1.15. The van der Waals surface area contributed by atoms with Gasteiger partial charge in [-0.15, -0.1) is 0 Å². The lowest BCUT2D eigenvalue weighted by molar-refractivity contribution is -0.124. The number of carbonyl (C=O) groups excluding carboxylic acids is 1. The average Bonchev–Trinajstić information content (AvgIpc) is 3.35. The van der Waals surface area contributed by atoms with E-state index in [9.17, 15) is 4.79 Å². The summed E-state index contributed by atoms with van der Waals surface area (Å²) in [6.07, 6.45) is 7.99. The van der Waals surface area contributed by atoms with E-state index in [0.29, 0.717) is 30.3 Å². The normalized spacial score (nSPS) is 47.8. The van der Waals surface area contributed by atoms with E-state index in [4.69, 9.17) is 4.74 Å². The van der Waals surface area contributed by atoms with Crippen molar-refractivity contribution in [1.82, 2.24) is 14.1 Å². The van der Waals surface area contributed by atoms with Gasteiger partial charge in [0.05, 0.1) is 12.1 Å². The molecule has 5 nitrogen and oxygen atoms in total. The van der Waals surface area contributed by atoms with Gasteiger partial charge >= 0.3 is 0 Å². The Hall–Kier alpha value is -0.300. The van der Waals surface area contributed by atoms with E-state index in [2.05, 4.69) is 20.4 Å². The Morgan fingerprint density at radius 2 is 1.77 bits per heavy atom. The zero-order valence-corrected chi connectivity index (χ0v) is 14.2. The van der Waals surface area contributed by atoms with Crippen LogP contribution in [0.15, 0.2) is 0 Å². The molecule has 1 saturated carbocycles. The molecule has 1 amide bonds. The van der Waals surface area contributed by atoms with Crippen molar-refractivity contribution in [2.45, 2.75) is 69.1 Å². The summed E-state index contributed by atoms with van der Waals surface area (Å²) < 4.78 is 8.63. The summed E-state index contributed by atoms with van der Waals surface area (Å²) in [5.41, 5.74) is 0. The fourth-order valence-corrected chi connectivity index (χ4v) is 5.69. The summed E-state index contributed by atoms with van der Waals surface area (Å²) in [6.45, 7) is 4.04. The van der Waals surface area contributed by atoms with Crippen molar-refractivity contribution in [1.29, 1.82) is 0 Å². The Bertz CT molecular complexity index is 486. The zero-order chi connectivity index (χ0) is 15.0. The van der Waals surface area contributed by atoms with E-state index < -0.39 is 0 Å². The first-order valence-corrected chi connectivity index (χ1v) is 9.88.